The second kappa shape index (κ2) is 5.25. The van der Waals surface area contributed by atoms with Gasteiger partial charge < -0.3 is 10.4 Å². The fraction of sp³-hybridized carbons (Fsp3) is 0.375. The summed E-state index contributed by atoms with van der Waals surface area (Å²) in [5, 5.41) is 12.8. The van der Waals surface area contributed by atoms with E-state index < -0.39 is 0 Å². The van der Waals surface area contributed by atoms with Crippen molar-refractivity contribution in [1.82, 2.24) is 0 Å². The summed E-state index contributed by atoms with van der Waals surface area (Å²) in [6.07, 6.45) is 5.18. The molecule has 0 fully saturated rings. The molecule has 0 aliphatic heterocycles. The van der Waals surface area contributed by atoms with Crippen LogP contribution < -0.4 is 5.32 Å². The van der Waals surface area contributed by atoms with Gasteiger partial charge >= 0.3 is 0 Å². The fourth-order valence-corrected chi connectivity index (χ4v) is 3.87. The molecule has 1 aliphatic rings. The first-order chi connectivity index (χ1) is 9.22. The number of nitrogens with one attached hydrogen (secondary N) is 1. The molecule has 100 valence electrons. The average molecular weight is 273 g/mol. The minimum atomic E-state index is 0.310. The van der Waals surface area contributed by atoms with E-state index >= 15 is 0 Å². The van der Waals surface area contributed by atoms with Gasteiger partial charge in [-0.1, -0.05) is 0 Å². The molecule has 2 nitrogen and oxygen atoms in total. The lowest BCUT2D eigenvalue weighted by molar-refractivity contribution is 0.475. The normalized spacial score (nSPS) is 15.8. The van der Waals surface area contributed by atoms with Gasteiger partial charge in [0.05, 0.1) is 6.04 Å². The van der Waals surface area contributed by atoms with Crippen molar-refractivity contribution in [3.8, 4) is 5.75 Å². The van der Waals surface area contributed by atoms with E-state index in [-0.39, 0.29) is 0 Å². The molecule has 0 spiro atoms. The van der Waals surface area contributed by atoms with Gasteiger partial charge in [0.1, 0.15) is 5.75 Å². The summed E-state index contributed by atoms with van der Waals surface area (Å²) < 4.78 is 0. The van der Waals surface area contributed by atoms with Crippen molar-refractivity contribution in [3.63, 3.8) is 0 Å². The topological polar surface area (TPSA) is 32.3 Å². The predicted molar refractivity (Wildman–Crippen MR) is 81.1 cm³/mol. The highest BCUT2D eigenvalue weighted by Gasteiger charge is 2.16. The van der Waals surface area contributed by atoms with Crippen LogP contribution in [0.15, 0.2) is 30.3 Å². The molecule has 1 atom stereocenters. The Hall–Kier alpha value is -1.48. The van der Waals surface area contributed by atoms with Gasteiger partial charge in [-0.25, -0.2) is 0 Å². The van der Waals surface area contributed by atoms with Crippen LogP contribution in [0.25, 0.3) is 0 Å². The first-order valence-electron chi connectivity index (χ1n) is 6.89. The molecule has 1 aromatic carbocycles. The van der Waals surface area contributed by atoms with E-state index in [4.69, 9.17) is 0 Å². The lowest BCUT2D eigenvalue weighted by atomic mass is 9.99. The highest BCUT2D eigenvalue weighted by Crippen LogP contribution is 2.34. The molecule has 1 aromatic heterocycles. The van der Waals surface area contributed by atoms with Crippen molar-refractivity contribution >= 4 is 17.0 Å². The number of hydrogen-bond acceptors (Lipinski definition) is 3. The van der Waals surface area contributed by atoms with Gasteiger partial charge in [-0.15, -0.1) is 11.3 Å². The Morgan fingerprint density at radius 2 is 1.89 bits per heavy atom. The van der Waals surface area contributed by atoms with E-state index in [0.717, 1.165) is 5.69 Å². The second-order valence-corrected chi connectivity index (χ2v) is 6.39. The molecular formula is C16H19NOS. The summed E-state index contributed by atoms with van der Waals surface area (Å²) in [5.74, 6) is 0.310. The van der Waals surface area contributed by atoms with Crippen LogP contribution in [-0.2, 0) is 12.8 Å². The van der Waals surface area contributed by atoms with Crippen LogP contribution in [0, 0.1) is 0 Å². The lowest BCUT2D eigenvalue weighted by Gasteiger charge is -2.13. The van der Waals surface area contributed by atoms with E-state index in [1.807, 2.05) is 23.5 Å². The highest BCUT2D eigenvalue weighted by molar-refractivity contribution is 7.12. The largest absolute Gasteiger partial charge is 0.508 e. The van der Waals surface area contributed by atoms with Crippen LogP contribution in [0.1, 0.15) is 41.1 Å². The van der Waals surface area contributed by atoms with Crippen molar-refractivity contribution in [1.29, 1.82) is 0 Å². The molecule has 1 heterocycles. The minimum absolute atomic E-state index is 0.310. The van der Waals surface area contributed by atoms with Crippen molar-refractivity contribution in [2.75, 3.05) is 5.32 Å². The van der Waals surface area contributed by atoms with Gasteiger partial charge in [0, 0.05) is 15.4 Å². The Bertz CT molecular complexity index is 535. The average Bonchev–Trinajstić information content (AvgIpc) is 2.85. The van der Waals surface area contributed by atoms with Crippen LogP contribution in [0.2, 0.25) is 0 Å². The van der Waals surface area contributed by atoms with Gasteiger partial charge in [-0.05, 0) is 68.5 Å². The van der Waals surface area contributed by atoms with Crippen LogP contribution in [-0.4, -0.2) is 5.11 Å². The minimum Gasteiger partial charge on any atom is -0.508 e. The number of phenolic OH excluding ortho intramolecular Hbond substituents is 1. The van der Waals surface area contributed by atoms with Crippen molar-refractivity contribution in [2.24, 2.45) is 0 Å². The van der Waals surface area contributed by atoms with Crippen molar-refractivity contribution in [2.45, 2.75) is 38.6 Å². The van der Waals surface area contributed by atoms with E-state index in [1.165, 1.54) is 30.6 Å². The number of aromatic hydroxyl groups is 1. The first-order valence-corrected chi connectivity index (χ1v) is 7.71. The summed E-state index contributed by atoms with van der Waals surface area (Å²) >= 11 is 1.95. The summed E-state index contributed by atoms with van der Waals surface area (Å²) in [6, 6.07) is 9.96. The second-order valence-electron chi connectivity index (χ2n) is 5.22. The zero-order chi connectivity index (χ0) is 13.2. The van der Waals surface area contributed by atoms with Crippen LogP contribution in [0.3, 0.4) is 0 Å². The Morgan fingerprint density at radius 3 is 2.63 bits per heavy atom. The quantitative estimate of drug-likeness (QED) is 0.807. The third kappa shape index (κ3) is 2.76. The van der Waals surface area contributed by atoms with Gasteiger partial charge in [-0.3, -0.25) is 0 Å². The zero-order valence-corrected chi connectivity index (χ0v) is 12.0. The smallest absolute Gasteiger partial charge is 0.115 e. The number of phenols is 1. The summed E-state index contributed by atoms with van der Waals surface area (Å²) in [5.41, 5.74) is 2.61. The first kappa shape index (κ1) is 12.5. The molecule has 2 aromatic rings. The Balaban J connectivity index is 1.74. The maximum Gasteiger partial charge on any atom is 0.115 e. The standard InChI is InChI=1S/C16H19NOS/c1-11(17-13-6-8-14(18)9-7-13)16-10-12-4-2-3-5-15(12)19-16/h6-11,17-18H,2-5H2,1H3. The Kier molecular flexibility index (Phi) is 3.47. The van der Waals surface area contributed by atoms with Gasteiger partial charge in [-0.2, -0.15) is 0 Å². The molecule has 2 N–H and O–H groups in total. The van der Waals surface area contributed by atoms with E-state index in [9.17, 15) is 5.11 Å². The molecule has 0 amide bonds. The van der Waals surface area contributed by atoms with Crippen molar-refractivity contribution < 1.29 is 5.11 Å². The number of rotatable bonds is 3. The lowest BCUT2D eigenvalue weighted by Crippen LogP contribution is -2.04. The molecule has 1 unspecified atom stereocenters. The van der Waals surface area contributed by atoms with Crippen LogP contribution in [0.4, 0.5) is 5.69 Å². The number of aryl methyl sites for hydroxylation is 2. The molecule has 1 aliphatic carbocycles. The molecule has 0 radical (unpaired) electrons. The molecular weight excluding hydrogens is 254 g/mol. The molecule has 3 rings (SSSR count). The number of hydrogen-bond donors (Lipinski definition) is 2. The Labute approximate surface area is 118 Å². The maximum absolute atomic E-state index is 9.29. The zero-order valence-electron chi connectivity index (χ0n) is 11.1. The summed E-state index contributed by atoms with van der Waals surface area (Å²) in [4.78, 5) is 3.00. The van der Waals surface area contributed by atoms with E-state index in [1.54, 1.807) is 22.6 Å². The molecule has 0 saturated heterocycles. The molecule has 0 saturated carbocycles. The molecule has 3 heteroatoms. The molecule has 19 heavy (non-hydrogen) atoms. The SMILES string of the molecule is CC(Nc1ccc(O)cc1)c1cc2c(s1)CCCC2. The number of anilines is 1. The summed E-state index contributed by atoms with van der Waals surface area (Å²) in [6.45, 7) is 2.20. The number of benzene rings is 1. The van der Waals surface area contributed by atoms with Crippen LogP contribution in [0.5, 0.6) is 5.75 Å². The summed E-state index contributed by atoms with van der Waals surface area (Å²) in [7, 11) is 0. The molecule has 0 bridgehead atoms. The monoisotopic (exact) mass is 273 g/mol. The number of fused-ring (bicyclic) bond motifs is 1. The van der Waals surface area contributed by atoms with Crippen molar-refractivity contribution in [3.05, 3.63) is 45.6 Å². The van der Waals surface area contributed by atoms with Gasteiger partial charge in [0.2, 0.25) is 0 Å². The van der Waals surface area contributed by atoms with Crippen LogP contribution >= 0.6 is 11.3 Å². The van der Waals surface area contributed by atoms with Gasteiger partial charge in [0.15, 0.2) is 0 Å². The fourth-order valence-electron chi connectivity index (χ4n) is 2.61. The number of thiophene rings is 1. The maximum atomic E-state index is 9.29. The Morgan fingerprint density at radius 1 is 1.16 bits per heavy atom. The van der Waals surface area contributed by atoms with E-state index in [0.29, 0.717) is 11.8 Å². The third-order valence-electron chi connectivity index (χ3n) is 3.69. The van der Waals surface area contributed by atoms with Gasteiger partial charge in [0.25, 0.3) is 0 Å². The van der Waals surface area contributed by atoms with E-state index in [2.05, 4.69) is 18.3 Å². The third-order valence-corrected chi connectivity index (χ3v) is 5.11. The highest BCUT2D eigenvalue weighted by atomic mass is 32.1. The predicted octanol–water partition coefficient (Wildman–Crippen LogP) is 4.51.